The number of aliphatic hydroxyl groups excluding tert-OH is 2. The zero-order chi connectivity index (χ0) is 33.6. The molecule has 1 saturated heterocycles. The van der Waals surface area contributed by atoms with Crippen LogP contribution >= 0.6 is 0 Å². The number of aliphatic carboxylic acids is 2. The van der Waals surface area contributed by atoms with E-state index in [0.29, 0.717) is 6.42 Å². The highest BCUT2D eigenvalue weighted by Crippen LogP contribution is 2.47. The number of nitrogens with zero attached hydrogens (tertiary/aromatic N) is 1. The van der Waals surface area contributed by atoms with E-state index in [9.17, 15) is 54.0 Å². The van der Waals surface area contributed by atoms with Crippen LogP contribution in [0.4, 0.5) is 0 Å². The molecule has 17 nitrogen and oxygen atoms in total. The van der Waals surface area contributed by atoms with E-state index in [1.165, 1.54) is 0 Å². The van der Waals surface area contributed by atoms with Gasteiger partial charge in [0.15, 0.2) is 17.3 Å². The number of carbonyl (C=O) groups is 7. The van der Waals surface area contributed by atoms with E-state index in [0.717, 1.165) is 13.8 Å². The van der Waals surface area contributed by atoms with Gasteiger partial charge in [-0.3, -0.25) is 33.7 Å². The van der Waals surface area contributed by atoms with Gasteiger partial charge in [0.25, 0.3) is 0 Å². The predicted molar refractivity (Wildman–Crippen MR) is 149 cm³/mol. The number of hydrogen-bond acceptors (Lipinski definition) is 14. The molecule has 244 valence electrons. The summed E-state index contributed by atoms with van der Waals surface area (Å²) in [7, 11) is 0. The SMILES string of the molecule is CC(C)CC(N)C(=O)C(CC(=O)O)(C(=O)C1CCCN1)C(C(=O)O)(C(=O)C(N)C(C)O)N(C(=O)CN)C(=O)C(N)C(C)O. The molecule has 43 heavy (non-hydrogen) atoms. The molecule has 1 aliphatic rings. The first-order valence-electron chi connectivity index (χ1n) is 13.8. The fourth-order valence-corrected chi connectivity index (χ4v) is 5.42. The zero-order valence-corrected chi connectivity index (χ0v) is 24.7. The van der Waals surface area contributed by atoms with E-state index >= 15 is 0 Å². The van der Waals surface area contributed by atoms with Crippen LogP contribution < -0.4 is 28.3 Å². The maximum Gasteiger partial charge on any atom is 0.339 e. The first-order chi connectivity index (χ1) is 19.8. The Morgan fingerprint density at radius 1 is 0.907 bits per heavy atom. The summed E-state index contributed by atoms with van der Waals surface area (Å²) in [6.45, 7) is 4.11. The summed E-state index contributed by atoms with van der Waals surface area (Å²) in [6, 6.07) is -7.69. The van der Waals surface area contributed by atoms with Crippen molar-refractivity contribution in [1.82, 2.24) is 10.2 Å². The lowest BCUT2D eigenvalue weighted by molar-refractivity contribution is -0.190. The van der Waals surface area contributed by atoms with Crippen LogP contribution in [-0.2, 0) is 33.6 Å². The van der Waals surface area contributed by atoms with Crippen LogP contribution in [0.1, 0.15) is 53.4 Å². The highest BCUT2D eigenvalue weighted by Gasteiger charge is 2.76. The molecule has 1 fully saturated rings. The van der Waals surface area contributed by atoms with Crippen LogP contribution in [0.3, 0.4) is 0 Å². The fourth-order valence-electron chi connectivity index (χ4n) is 5.42. The topological polar surface area (TPSA) is 320 Å². The molecule has 1 heterocycles. The molecule has 0 aromatic rings. The van der Waals surface area contributed by atoms with Crippen LogP contribution in [0.15, 0.2) is 0 Å². The van der Waals surface area contributed by atoms with Gasteiger partial charge < -0.3 is 48.7 Å². The maximum atomic E-state index is 14.5. The second-order valence-corrected chi connectivity index (χ2v) is 11.3. The standard InChI is InChI=1S/C26H44N6O11/c1-11(2)8-14(28)20(38)25(9-17(36)37,21(39)15-6-5-7-31-15)26(24(42)43,22(40)18(29)12(3)33)32(16(35)10-27)23(41)19(30)13(4)34/h11-15,18-19,31,33-34H,5-10,27-30H2,1-4H3,(H,36,37)(H,42,43). The Kier molecular flexibility index (Phi) is 13.2. The molecule has 13 N–H and O–H groups in total. The molecule has 1 aliphatic heterocycles. The minimum atomic E-state index is -4.09. The Labute approximate surface area is 248 Å². The van der Waals surface area contributed by atoms with Gasteiger partial charge in [-0.05, 0) is 45.6 Å². The molecule has 17 heteroatoms. The summed E-state index contributed by atoms with van der Waals surface area (Å²) in [6.07, 6.45) is -5.44. The number of aliphatic hydroxyl groups is 2. The van der Waals surface area contributed by atoms with E-state index in [1.54, 1.807) is 13.8 Å². The van der Waals surface area contributed by atoms with Crippen LogP contribution in [-0.4, -0.2) is 121 Å². The largest absolute Gasteiger partial charge is 0.481 e. The minimum Gasteiger partial charge on any atom is -0.481 e. The maximum absolute atomic E-state index is 14.5. The number of imide groups is 1. The van der Waals surface area contributed by atoms with Crippen molar-refractivity contribution in [2.45, 2.75) is 95.3 Å². The quantitative estimate of drug-likeness (QED) is 0.0700. The van der Waals surface area contributed by atoms with Gasteiger partial charge in [0.1, 0.15) is 11.5 Å². The van der Waals surface area contributed by atoms with Gasteiger partial charge in [0, 0.05) is 0 Å². The molecule has 0 spiro atoms. The second-order valence-electron chi connectivity index (χ2n) is 11.3. The van der Waals surface area contributed by atoms with Crippen LogP contribution in [0.2, 0.25) is 0 Å². The number of Topliss-reactive ketones (excluding diaryl/α,β-unsaturated/α-hetero) is 3. The number of nitrogens with one attached hydrogen (secondary N) is 1. The van der Waals surface area contributed by atoms with Gasteiger partial charge in [-0.15, -0.1) is 0 Å². The normalized spacial score (nSPS) is 21.4. The first-order valence-corrected chi connectivity index (χ1v) is 13.8. The van der Waals surface area contributed by atoms with Gasteiger partial charge in [-0.25, -0.2) is 4.79 Å². The lowest BCUT2D eigenvalue weighted by atomic mass is 9.55. The van der Waals surface area contributed by atoms with Crippen molar-refractivity contribution >= 4 is 41.1 Å². The van der Waals surface area contributed by atoms with E-state index in [1.807, 2.05) is 0 Å². The number of carbonyl (C=O) groups excluding carboxylic acids is 5. The summed E-state index contributed by atoms with van der Waals surface area (Å²) in [5, 5.41) is 44.2. The third-order valence-electron chi connectivity index (χ3n) is 7.59. The van der Waals surface area contributed by atoms with Crippen molar-refractivity contribution < 1.29 is 54.0 Å². The minimum absolute atomic E-state index is 0.0504. The number of carboxylic acids is 2. The van der Waals surface area contributed by atoms with Gasteiger partial charge in [-0.1, -0.05) is 13.8 Å². The van der Waals surface area contributed by atoms with Crippen LogP contribution in [0.25, 0.3) is 0 Å². The number of carboxylic acid groups (broad SMARTS) is 2. The van der Waals surface area contributed by atoms with Gasteiger partial charge >= 0.3 is 11.9 Å². The lowest BCUT2D eigenvalue weighted by Gasteiger charge is -2.51. The van der Waals surface area contributed by atoms with Crippen LogP contribution in [0.5, 0.6) is 0 Å². The molecule has 1 rings (SSSR count). The van der Waals surface area contributed by atoms with E-state index in [-0.39, 0.29) is 30.2 Å². The molecule has 2 amide bonds. The van der Waals surface area contributed by atoms with Crippen molar-refractivity contribution in [3.05, 3.63) is 0 Å². The molecule has 0 aliphatic carbocycles. The summed E-state index contributed by atoms with van der Waals surface area (Å²) in [5.41, 5.74) is 15.6. The average Bonchev–Trinajstić information content (AvgIpc) is 3.46. The van der Waals surface area contributed by atoms with E-state index < -0.39 is 101 Å². The Balaban J connectivity index is 4.70. The van der Waals surface area contributed by atoms with Gasteiger partial charge in [0.2, 0.25) is 17.4 Å². The van der Waals surface area contributed by atoms with Crippen LogP contribution in [0, 0.1) is 11.3 Å². The summed E-state index contributed by atoms with van der Waals surface area (Å²) in [4.78, 5) is 96.5. The molecule has 8 unspecified atom stereocenters. The summed E-state index contributed by atoms with van der Waals surface area (Å²) in [5.74, 6) is -13.3. The number of hydrogen-bond donors (Lipinski definition) is 9. The van der Waals surface area contributed by atoms with Crippen molar-refractivity contribution in [2.24, 2.45) is 34.3 Å². The first kappa shape index (κ1) is 37.8. The second kappa shape index (κ2) is 15.0. The highest BCUT2D eigenvalue weighted by molar-refractivity contribution is 6.29. The molecule has 0 aromatic carbocycles. The highest BCUT2D eigenvalue weighted by atomic mass is 16.4. The van der Waals surface area contributed by atoms with Crippen molar-refractivity contribution in [3.63, 3.8) is 0 Å². The fraction of sp³-hybridized carbons (Fsp3) is 0.731. The lowest BCUT2D eigenvalue weighted by Crippen LogP contribution is -2.82. The zero-order valence-electron chi connectivity index (χ0n) is 24.7. The Hall–Kier alpha value is -3.19. The summed E-state index contributed by atoms with van der Waals surface area (Å²) >= 11 is 0. The third kappa shape index (κ3) is 7.14. The van der Waals surface area contributed by atoms with E-state index in [2.05, 4.69) is 5.32 Å². The molecular weight excluding hydrogens is 572 g/mol. The van der Waals surface area contributed by atoms with E-state index in [4.69, 9.17) is 22.9 Å². The monoisotopic (exact) mass is 616 g/mol. The number of ketones is 3. The Bertz CT molecular complexity index is 1110. The molecule has 0 bridgehead atoms. The average molecular weight is 617 g/mol. The summed E-state index contributed by atoms with van der Waals surface area (Å²) < 4.78 is 0. The third-order valence-corrected chi connectivity index (χ3v) is 7.59. The number of amides is 2. The Morgan fingerprint density at radius 2 is 1.44 bits per heavy atom. The van der Waals surface area contributed by atoms with Crippen molar-refractivity contribution in [1.29, 1.82) is 0 Å². The smallest absolute Gasteiger partial charge is 0.339 e. The van der Waals surface area contributed by atoms with Crippen molar-refractivity contribution in [3.8, 4) is 0 Å². The number of rotatable bonds is 17. The van der Waals surface area contributed by atoms with Crippen molar-refractivity contribution in [2.75, 3.05) is 13.1 Å². The molecule has 0 radical (unpaired) electrons. The molecule has 0 aromatic heterocycles. The van der Waals surface area contributed by atoms with Gasteiger partial charge in [-0.2, -0.15) is 0 Å². The van der Waals surface area contributed by atoms with Gasteiger partial charge in [0.05, 0.1) is 43.3 Å². The predicted octanol–water partition coefficient (Wildman–Crippen LogP) is -4.17. The molecule has 8 atom stereocenters. The molecular formula is C26H44N6O11. The number of nitrogens with two attached hydrogens (primary N) is 4. The Morgan fingerprint density at radius 3 is 1.81 bits per heavy atom. The molecule has 0 saturated carbocycles.